The summed E-state index contributed by atoms with van der Waals surface area (Å²) in [7, 11) is 0. The van der Waals surface area contributed by atoms with Gasteiger partial charge in [-0.3, -0.25) is 19.4 Å². The Morgan fingerprint density at radius 3 is 2.53 bits per heavy atom. The second-order valence-corrected chi connectivity index (χ2v) is 16.2. The van der Waals surface area contributed by atoms with E-state index in [1.54, 1.807) is 0 Å². The number of piperidine rings is 1. The number of carbonyl (C=O) groups is 2. The molecule has 14 heteroatoms. The number of hydrogen-bond donors (Lipinski definition) is 3. The van der Waals surface area contributed by atoms with E-state index in [0.717, 1.165) is 111 Å². The molecule has 2 amide bonds. The Bertz CT molecular complexity index is 2140. The number of amides is 2. The molecule has 0 saturated carbocycles. The summed E-state index contributed by atoms with van der Waals surface area (Å²) in [6.45, 7) is 13.9. The molecule has 0 radical (unpaired) electrons. The lowest BCUT2D eigenvalue weighted by Gasteiger charge is -2.33. The van der Waals surface area contributed by atoms with Gasteiger partial charge in [0, 0.05) is 43.7 Å². The Morgan fingerprint density at radius 2 is 1.75 bits per heavy atom. The maximum Gasteiger partial charge on any atom is 0.320 e. The van der Waals surface area contributed by atoms with Crippen molar-refractivity contribution in [3.05, 3.63) is 95.3 Å². The number of nitrogens with zero attached hydrogens (tertiary/aromatic N) is 7. The van der Waals surface area contributed by atoms with Crippen molar-refractivity contribution in [2.24, 2.45) is 0 Å². The number of carbonyl (C=O) groups excluding carboxylic acids is 1. The Hall–Kier alpha value is -5.47. The molecule has 5 heterocycles. The number of ether oxygens (including phenoxy) is 2. The average Bonchev–Trinajstić information content (AvgIpc) is 3.84. The lowest BCUT2D eigenvalue weighted by Crippen LogP contribution is -2.38. The van der Waals surface area contributed by atoms with Crippen LogP contribution in [0.25, 0.3) is 11.3 Å². The second kappa shape index (κ2) is 17.8. The van der Waals surface area contributed by atoms with Crippen LogP contribution in [0.4, 0.5) is 16.6 Å². The average molecular weight is 778 g/mol. The molecule has 2 aliphatic heterocycles. The Balaban J connectivity index is 0.00000160. The number of nitrogens with one attached hydrogen (secondary N) is 2. The zero-order valence-electron chi connectivity index (χ0n) is 33.4. The van der Waals surface area contributed by atoms with E-state index >= 15 is 0 Å². The Labute approximate surface area is 334 Å². The van der Waals surface area contributed by atoms with Crippen LogP contribution in [0.2, 0.25) is 0 Å². The van der Waals surface area contributed by atoms with Crippen molar-refractivity contribution in [2.75, 3.05) is 49.6 Å². The first-order valence-corrected chi connectivity index (χ1v) is 20.1. The lowest BCUT2D eigenvalue weighted by molar-refractivity contribution is -0.122. The first-order chi connectivity index (χ1) is 27.6. The lowest BCUT2D eigenvalue weighted by atomic mass is 9.85. The molecule has 57 heavy (non-hydrogen) atoms. The highest BCUT2D eigenvalue weighted by atomic mass is 16.5. The third-order valence-corrected chi connectivity index (χ3v) is 11.1. The first kappa shape index (κ1) is 39.8. The van der Waals surface area contributed by atoms with Gasteiger partial charge < -0.3 is 24.8 Å². The van der Waals surface area contributed by atoms with Gasteiger partial charge in [-0.1, -0.05) is 57.2 Å². The van der Waals surface area contributed by atoms with Crippen molar-refractivity contribution in [1.82, 2.24) is 34.6 Å². The highest BCUT2D eigenvalue weighted by Gasteiger charge is 2.31. The number of hydrogen-bond acceptors (Lipinski definition) is 9. The molecule has 0 spiro atoms. The summed E-state index contributed by atoms with van der Waals surface area (Å²) < 4.78 is 16.1. The van der Waals surface area contributed by atoms with Crippen molar-refractivity contribution in [3.8, 4) is 11.4 Å². The van der Waals surface area contributed by atoms with Crippen LogP contribution in [0.3, 0.4) is 0 Å². The zero-order valence-corrected chi connectivity index (χ0v) is 33.4. The fourth-order valence-corrected chi connectivity index (χ4v) is 8.01. The molecule has 5 aromatic rings. The van der Waals surface area contributed by atoms with Crippen LogP contribution in [-0.2, 0) is 21.4 Å². The van der Waals surface area contributed by atoms with Crippen LogP contribution >= 0.6 is 0 Å². The molecule has 0 bridgehead atoms. The van der Waals surface area contributed by atoms with Gasteiger partial charge >= 0.3 is 6.03 Å². The molecule has 3 atom stereocenters. The Kier molecular flexibility index (Phi) is 12.4. The minimum Gasteiger partial charge on any atom is -0.484 e. The Morgan fingerprint density at radius 1 is 0.965 bits per heavy atom. The molecule has 1 unspecified atom stereocenters. The molecule has 3 N–H and O–H groups in total. The van der Waals surface area contributed by atoms with Gasteiger partial charge in [-0.15, -0.1) is 10.2 Å². The molecule has 1 aliphatic carbocycles. The van der Waals surface area contributed by atoms with E-state index in [4.69, 9.17) is 24.5 Å². The van der Waals surface area contributed by atoms with Crippen LogP contribution in [0.15, 0.2) is 72.9 Å². The maximum atomic E-state index is 13.8. The number of carboxylic acid groups (broad SMARTS) is 1. The summed E-state index contributed by atoms with van der Waals surface area (Å²) in [6.07, 6.45) is 7.84. The fraction of sp³-hybridized carbons (Fsp3) is 0.465. The van der Waals surface area contributed by atoms with E-state index in [-0.39, 0.29) is 30.1 Å². The van der Waals surface area contributed by atoms with E-state index < -0.39 is 0 Å². The van der Waals surface area contributed by atoms with Crippen molar-refractivity contribution < 1.29 is 24.2 Å². The molecule has 2 fully saturated rings. The minimum absolute atomic E-state index is 0.153. The summed E-state index contributed by atoms with van der Waals surface area (Å²) in [5.74, 6) is 2.27. The topological polar surface area (TPSA) is 151 Å². The van der Waals surface area contributed by atoms with E-state index in [1.165, 1.54) is 12.0 Å². The highest BCUT2D eigenvalue weighted by Crippen LogP contribution is 2.39. The normalized spacial score (nSPS) is 19.9. The number of morpholine rings is 1. The van der Waals surface area contributed by atoms with Crippen molar-refractivity contribution in [3.63, 3.8) is 0 Å². The number of pyridine rings is 1. The quantitative estimate of drug-likeness (QED) is 0.134. The van der Waals surface area contributed by atoms with Gasteiger partial charge in [0.1, 0.15) is 17.7 Å². The number of fused-ring (bicyclic) bond motifs is 2. The smallest absolute Gasteiger partial charge is 0.320 e. The van der Waals surface area contributed by atoms with E-state index in [0.29, 0.717) is 11.9 Å². The van der Waals surface area contributed by atoms with Crippen LogP contribution < -0.4 is 20.3 Å². The van der Waals surface area contributed by atoms with Gasteiger partial charge in [0.15, 0.2) is 5.65 Å². The summed E-state index contributed by atoms with van der Waals surface area (Å²) in [6, 6.07) is 22.7. The van der Waals surface area contributed by atoms with Crippen molar-refractivity contribution >= 4 is 29.9 Å². The van der Waals surface area contributed by atoms with E-state index in [9.17, 15) is 4.79 Å². The molecular formula is C43H55N9O5. The molecule has 302 valence electrons. The molecule has 3 aromatic heterocycles. The van der Waals surface area contributed by atoms with Crippen LogP contribution in [-0.4, -0.2) is 92.3 Å². The molecular weight excluding hydrogens is 723 g/mol. The van der Waals surface area contributed by atoms with Crippen LogP contribution in [0.5, 0.6) is 5.75 Å². The van der Waals surface area contributed by atoms with Gasteiger partial charge in [-0.2, -0.15) is 5.10 Å². The highest BCUT2D eigenvalue weighted by molar-refractivity contribution is 5.89. The van der Waals surface area contributed by atoms with Crippen molar-refractivity contribution in [1.29, 1.82) is 0 Å². The zero-order chi connectivity index (χ0) is 39.9. The maximum absolute atomic E-state index is 13.8. The van der Waals surface area contributed by atoms with Gasteiger partial charge in [0.05, 0.1) is 36.8 Å². The van der Waals surface area contributed by atoms with Gasteiger partial charge in [0.2, 0.25) is 5.95 Å². The third-order valence-electron chi connectivity index (χ3n) is 11.1. The second-order valence-electron chi connectivity index (χ2n) is 16.2. The monoisotopic (exact) mass is 777 g/mol. The summed E-state index contributed by atoms with van der Waals surface area (Å²) in [4.78, 5) is 27.0. The summed E-state index contributed by atoms with van der Waals surface area (Å²) in [5, 5.41) is 27.3. The minimum atomic E-state index is -0.267. The van der Waals surface area contributed by atoms with Gasteiger partial charge in [-0.25, -0.2) is 9.48 Å². The van der Waals surface area contributed by atoms with Gasteiger partial charge in [-0.05, 0) is 86.4 Å². The number of urea groups is 1. The van der Waals surface area contributed by atoms with Crippen molar-refractivity contribution in [2.45, 2.75) is 89.8 Å². The number of rotatable bonds is 9. The molecule has 3 aliphatic rings. The molecule has 2 saturated heterocycles. The summed E-state index contributed by atoms with van der Waals surface area (Å²) >= 11 is 0. The molecule has 14 nitrogen and oxygen atoms in total. The SMILES string of the molecule is CC1CCCCN1c1nnc2ccc(O[C@@H]3CC[C@H](NC(=O)Nc4cc(C(C)(C)C)nn4-c4cccc(CCN5CCOCC5)c4)c4ccccc43)cn12.O=CO. The first-order valence-electron chi connectivity index (χ1n) is 20.1. The molecule has 8 rings (SSSR count). The fourth-order valence-electron chi connectivity index (χ4n) is 8.01. The van der Waals surface area contributed by atoms with E-state index in [1.807, 2.05) is 47.3 Å². The van der Waals surface area contributed by atoms with E-state index in [2.05, 4.69) is 93.1 Å². The predicted molar refractivity (Wildman–Crippen MR) is 220 cm³/mol. The number of aromatic nitrogens is 5. The number of anilines is 2. The summed E-state index contributed by atoms with van der Waals surface area (Å²) in [5.41, 5.74) is 5.81. The predicted octanol–water partition coefficient (Wildman–Crippen LogP) is 6.94. The van der Waals surface area contributed by atoms with Crippen LogP contribution in [0, 0.1) is 0 Å². The van der Waals surface area contributed by atoms with Crippen LogP contribution in [0.1, 0.15) is 94.3 Å². The van der Waals surface area contributed by atoms with Gasteiger partial charge in [0.25, 0.3) is 6.47 Å². The molecule has 2 aromatic carbocycles. The third kappa shape index (κ3) is 9.40. The standard InChI is InChI=1S/C42H53N9O3.CH2O2/c1-29-10-7-8-20-49(29)41-46-45-38-18-15-32(28-50(38)41)54-36-17-16-35(33-13-5-6-14-34(33)36)43-40(52)44-39-27-37(42(2,3)4)47-51(39)31-12-9-11-30(26-31)19-21-48-22-24-53-25-23-48;2-1-3/h5-6,9,11-15,18,26-29,35-36H,7-8,10,16-17,19-25H2,1-4H3,(H2,43,44,52);1H,(H,2,3)/t29?,35-,36+;/m0./s1. The largest absolute Gasteiger partial charge is 0.484 e. The number of benzene rings is 2.